The van der Waals surface area contributed by atoms with E-state index >= 15 is 28.0 Å². The van der Waals surface area contributed by atoms with Gasteiger partial charge in [-0.05, 0) is 148 Å². The van der Waals surface area contributed by atoms with Gasteiger partial charge >= 0.3 is 5.97 Å². The number of amides is 10. The van der Waals surface area contributed by atoms with Crippen molar-refractivity contribution in [2.24, 2.45) is 11.5 Å². The van der Waals surface area contributed by atoms with Crippen LogP contribution in [0.1, 0.15) is 99.2 Å². The Morgan fingerprint density at radius 2 is 1.23 bits per heavy atom. The zero-order chi connectivity index (χ0) is 75.0. The van der Waals surface area contributed by atoms with Crippen LogP contribution in [0.3, 0.4) is 0 Å². The first-order chi connectivity index (χ1) is 49.6. The summed E-state index contributed by atoms with van der Waals surface area (Å²) < 4.78 is 45.2. The number of aromatic amines is 3. The quantitative estimate of drug-likeness (QED) is 0.0656. The number of fused-ring (bicyclic) bond motifs is 5. The number of aromatic nitrogens is 4. The molecule has 1 fully saturated rings. The highest BCUT2D eigenvalue weighted by molar-refractivity contribution is 7.98. The summed E-state index contributed by atoms with van der Waals surface area (Å²) in [6.07, 6.45) is 3.90. The molecule has 2 bridgehead atoms. The van der Waals surface area contributed by atoms with Crippen molar-refractivity contribution in [2.45, 2.75) is 156 Å². The molecule has 0 aliphatic carbocycles. The van der Waals surface area contributed by atoms with E-state index in [0.717, 1.165) is 17.8 Å². The van der Waals surface area contributed by atoms with Gasteiger partial charge in [-0.15, -0.1) is 0 Å². The molecule has 28 nitrogen and oxygen atoms in total. The molecule has 9 rings (SSSR count). The molecule has 5 heterocycles. The highest BCUT2D eigenvalue weighted by Gasteiger charge is 2.52. The van der Waals surface area contributed by atoms with Crippen LogP contribution in [0.2, 0.25) is 0 Å². The van der Waals surface area contributed by atoms with Crippen molar-refractivity contribution in [2.75, 3.05) is 24.6 Å². The molecule has 0 unspecified atom stereocenters. The van der Waals surface area contributed by atoms with Crippen molar-refractivity contribution in [3.63, 3.8) is 0 Å². The molecule has 554 valence electrons. The highest BCUT2D eigenvalue weighted by atomic mass is 32.2. The molecule has 0 spiro atoms. The molecule has 0 saturated carbocycles. The van der Waals surface area contributed by atoms with Gasteiger partial charge in [0, 0.05) is 108 Å². The van der Waals surface area contributed by atoms with Crippen LogP contribution in [0.5, 0.6) is 5.75 Å². The number of phenols is 1. The molecule has 10 amide bonds. The fourth-order valence-corrected chi connectivity index (χ4v) is 14.5. The monoisotopic (exact) mass is 1480 g/mol. The SMILES string of the molecule is C[C@H]1NC(=O)[C@H](CCCCN)NC(=O)CCSCc2cc(F)cc(c2)CSC[C@@H](C(N)=O)NC(=O)[C@]2(C)CCCN2C(=O)[C@](C)(Cc2ccc(O)cc2)NC(=O)[C@H](Cc2cnc[nH]2)NC(=O)[C@H](CC(=O)O)NC(=O)[C@H](Cc2c[nH]c3ccc(F)cc23)NC(=O)[C@H](Cc2c[nH]c3ccc(F)cc23)NC1=O. The van der Waals surface area contributed by atoms with Crippen molar-refractivity contribution >= 4 is 110 Å². The number of aromatic hydroxyl groups is 1. The molecule has 4 aromatic carbocycles. The maximum Gasteiger partial charge on any atom is 0.305 e. The minimum Gasteiger partial charge on any atom is -0.508 e. The fourth-order valence-electron chi connectivity index (χ4n) is 12.6. The number of nitrogens with zero attached hydrogens (tertiary/aromatic N) is 2. The van der Waals surface area contributed by atoms with E-state index in [0.29, 0.717) is 51.5 Å². The standard InChI is InChI=1S/C71H84F3N15O13S2/c1-38-62(95)83-54(24-42-31-78-51-14-10-44(72)26-49(42)51)64(97)84-55(25-43-32-79-52-15-11-45(73)27-50(43)52)65(98)86-57(29-60(92)93)66(99)85-56(28-47-33-77-37-80-47)67(100)88-70(2,30-39-8-12-48(90)13-9-39)69(102)89-19-6-17-71(89,3)68(101)87-58(61(76)94)36-104-35-41-21-40(22-46(74)23-41)34-103-20-16-59(91)82-53(63(96)81-38)7-4-5-18-75/h8-15,21-23,26-27,31-33,37-38,53-58,78-79,90H,4-7,16-20,24-25,28-30,34-36,75H2,1-3H3,(H2,76,94)(H,77,80)(H,81,96)(H,82,91)(H,83,95)(H,84,97)(H,85,99)(H,86,98)(H,87,101)(H,88,100)(H,92,93)/t38-,53+,54+,55+,56+,57+,58+,70+,71+/m1/s1. The summed E-state index contributed by atoms with van der Waals surface area (Å²) in [6, 6.07) is 6.38. The highest BCUT2D eigenvalue weighted by Crippen LogP contribution is 2.34. The first-order valence-electron chi connectivity index (χ1n) is 33.8. The van der Waals surface area contributed by atoms with E-state index in [2.05, 4.69) is 62.5 Å². The van der Waals surface area contributed by atoms with Gasteiger partial charge < -0.3 is 84.1 Å². The van der Waals surface area contributed by atoms with E-state index in [4.69, 9.17) is 11.5 Å². The van der Waals surface area contributed by atoms with Crippen molar-refractivity contribution in [1.29, 1.82) is 0 Å². The summed E-state index contributed by atoms with van der Waals surface area (Å²) in [6.45, 7) is 4.40. The van der Waals surface area contributed by atoms with Crippen LogP contribution in [0.25, 0.3) is 21.8 Å². The number of imidazole rings is 1. The molecule has 0 radical (unpaired) electrons. The lowest BCUT2D eigenvalue weighted by Gasteiger charge is -2.41. The van der Waals surface area contributed by atoms with Gasteiger partial charge in [0.05, 0.1) is 12.7 Å². The number of aliphatic carboxylic acids is 1. The Kier molecular flexibility index (Phi) is 26.3. The van der Waals surface area contributed by atoms with Gasteiger partial charge in [0.2, 0.25) is 59.1 Å². The third-order valence-electron chi connectivity index (χ3n) is 18.2. The Morgan fingerprint density at radius 1 is 0.654 bits per heavy atom. The number of carboxylic acids is 1. The molecule has 1 saturated heterocycles. The molecular weight excluding hydrogens is 1390 g/mol. The Hall–Kier alpha value is -10.4. The minimum absolute atomic E-state index is 0.0366. The number of carbonyl (C=O) groups is 11. The predicted molar refractivity (Wildman–Crippen MR) is 381 cm³/mol. The van der Waals surface area contributed by atoms with Gasteiger partial charge in [0.1, 0.15) is 76.6 Å². The number of hydrogen-bond donors (Lipinski definition) is 15. The van der Waals surface area contributed by atoms with Crippen LogP contribution in [-0.2, 0) is 89.9 Å². The average molecular weight is 1480 g/mol. The smallest absolute Gasteiger partial charge is 0.305 e. The lowest BCUT2D eigenvalue weighted by atomic mass is 9.88. The number of nitrogens with two attached hydrogens (primary N) is 2. The van der Waals surface area contributed by atoms with E-state index in [1.54, 1.807) is 6.07 Å². The number of carbonyl (C=O) groups excluding carboxylic acids is 10. The van der Waals surface area contributed by atoms with Crippen molar-refractivity contribution in [1.82, 2.24) is 67.4 Å². The number of rotatable bonds is 15. The number of nitrogens with one attached hydrogen (secondary N) is 11. The summed E-state index contributed by atoms with van der Waals surface area (Å²) in [4.78, 5) is 173. The van der Waals surface area contributed by atoms with E-state index in [-0.39, 0.29) is 90.6 Å². The third-order valence-corrected chi connectivity index (χ3v) is 20.4. The number of hydrogen-bond acceptors (Lipinski definition) is 16. The second-order valence-electron chi connectivity index (χ2n) is 26.4. The summed E-state index contributed by atoms with van der Waals surface area (Å²) in [5.41, 5.74) is 11.0. The van der Waals surface area contributed by atoms with Gasteiger partial charge in [-0.25, -0.2) is 18.2 Å². The molecule has 2 aliphatic heterocycles. The van der Waals surface area contributed by atoms with E-state index < -0.39 is 162 Å². The molecule has 9 atom stereocenters. The Labute approximate surface area is 603 Å². The number of benzene rings is 4. The average Bonchev–Trinajstić information content (AvgIpc) is 1.47. The number of H-pyrrole nitrogens is 3. The summed E-state index contributed by atoms with van der Waals surface area (Å²) in [5, 5.41) is 42.3. The fraction of sp³-hybridized carbons (Fsp3) is 0.408. The van der Waals surface area contributed by atoms with E-state index in [1.807, 2.05) is 0 Å². The molecular formula is C71H84F3N15O13S2. The van der Waals surface area contributed by atoms with E-state index in [9.17, 15) is 48.2 Å². The number of phenolic OH excluding ortho intramolecular Hbond substituents is 1. The van der Waals surface area contributed by atoms with Crippen LogP contribution in [0, 0.1) is 17.5 Å². The van der Waals surface area contributed by atoms with Gasteiger partial charge in [-0.2, -0.15) is 23.5 Å². The van der Waals surface area contributed by atoms with Crippen LogP contribution in [-0.4, -0.2) is 178 Å². The van der Waals surface area contributed by atoms with Crippen molar-refractivity contribution in [3.05, 3.63) is 155 Å². The normalized spacial score (nSPS) is 23.9. The topological polar surface area (TPSA) is 440 Å². The number of halogens is 3. The second-order valence-corrected chi connectivity index (χ2v) is 28.5. The Balaban J connectivity index is 1.08. The van der Waals surface area contributed by atoms with Crippen LogP contribution in [0.4, 0.5) is 13.2 Å². The third kappa shape index (κ3) is 20.5. The number of carboxylic acid groups (broad SMARTS) is 1. The number of primary amides is 1. The largest absolute Gasteiger partial charge is 0.508 e. The van der Waals surface area contributed by atoms with Crippen molar-refractivity contribution < 1.29 is 76.1 Å². The zero-order valence-electron chi connectivity index (χ0n) is 57.3. The first-order valence-corrected chi connectivity index (χ1v) is 36.1. The summed E-state index contributed by atoms with van der Waals surface area (Å²) >= 11 is 2.47. The lowest BCUT2D eigenvalue weighted by Crippen LogP contribution is -2.67. The van der Waals surface area contributed by atoms with Crippen LogP contribution in [0.15, 0.2) is 104 Å². The zero-order valence-corrected chi connectivity index (χ0v) is 58.9. The van der Waals surface area contributed by atoms with Gasteiger partial charge in [-0.1, -0.05) is 18.2 Å². The molecule has 3 aromatic heterocycles. The van der Waals surface area contributed by atoms with Crippen LogP contribution < -0.4 is 54.0 Å². The van der Waals surface area contributed by atoms with Gasteiger partial charge in [0.15, 0.2) is 0 Å². The summed E-state index contributed by atoms with van der Waals surface area (Å²) in [7, 11) is 0. The predicted octanol–water partition coefficient (Wildman–Crippen LogP) is 3.09. The van der Waals surface area contributed by atoms with E-state index in [1.165, 1.54) is 129 Å². The maximum atomic E-state index is 15.5. The van der Waals surface area contributed by atoms with Gasteiger partial charge in [0.25, 0.3) is 0 Å². The first kappa shape index (κ1) is 77.7. The van der Waals surface area contributed by atoms with Gasteiger partial charge in [-0.3, -0.25) is 52.7 Å². The summed E-state index contributed by atoms with van der Waals surface area (Å²) in [5.74, 6) is -12.5. The molecule has 2 aliphatic rings. The number of unbranched alkanes of at least 4 members (excludes halogenated alkanes) is 1. The molecule has 17 N–H and O–H groups in total. The molecule has 33 heteroatoms. The van der Waals surface area contributed by atoms with Crippen molar-refractivity contribution in [3.8, 4) is 5.75 Å². The molecule has 7 aromatic rings. The minimum atomic E-state index is -2.08. The van der Waals surface area contributed by atoms with Crippen LogP contribution >= 0.6 is 23.5 Å². The molecule has 104 heavy (non-hydrogen) atoms. The Bertz CT molecular complexity index is 4320. The number of thioether (sulfide) groups is 2. The lowest BCUT2D eigenvalue weighted by molar-refractivity contribution is -0.150. The maximum absolute atomic E-state index is 15.5. The Morgan fingerprint density at radius 3 is 1.82 bits per heavy atom. The second kappa shape index (κ2) is 35.2.